The monoisotopic (exact) mass is 213 g/mol. The molecule has 1 aromatic heterocycles. The van der Waals surface area contributed by atoms with Gasteiger partial charge in [-0.15, -0.1) is 0 Å². The first kappa shape index (κ1) is 11.0. The van der Waals surface area contributed by atoms with E-state index in [1.54, 1.807) is 12.1 Å². The number of pyridine rings is 1. The molecule has 1 rings (SSSR count). The van der Waals surface area contributed by atoms with Crippen molar-refractivity contribution >= 4 is 17.6 Å². The van der Waals surface area contributed by atoms with Crippen LogP contribution in [0.3, 0.4) is 0 Å². The number of carboxylic acid groups (broad SMARTS) is 1. The molecule has 0 aromatic carbocycles. The zero-order chi connectivity index (χ0) is 10.6. The molecule has 1 heterocycles. The molecule has 0 aliphatic rings. The van der Waals surface area contributed by atoms with Crippen molar-refractivity contribution in [3.05, 3.63) is 29.0 Å². The zero-order valence-electron chi connectivity index (χ0n) is 7.90. The van der Waals surface area contributed by atoms with Crippen LogP contribution in [0.1, 0.15) is 31.4 Å². The molecule has 4 heteroatoms. The van der Waals surface area contributed by atoms with E-state index in [2.05, 4.69) is 4.98 Å². The summed E-state index contributed by atoms with van der Waals surface area (Å²) in [6.07, 6.45) is 2.90. The van der Waals surface area contributed by atoms with Crippen LogP contribution in [0, 0.1) is 0 Å². The molecule has 1 aromatic rings. The van der Waals surface area contributed by atoms with Gasteiger partial charge in [0.1, 0.15) is 0 Å². The highest BCUT2D eigenvalue weighted by Gasteiger charge is 2.19. The van der Waals surface area contributed by atoms with Gasteiger partial charge in [-0.05, 0) is 18.6 Å². The summed E-state index contributed by atoms with van der Waals surface area (Å²) in [6.45, 7) is 1.95. The highest BCUT2D eigenvalue weighted by molar-refractivity contribution is 6.30. The average molecular weight is 214 g/mol. The second-order valence-corrected chi connectivity index (χ2v) is 3.52. The van der Waals surface area contributed by atoms with E-state index in [0.717, 1.165) is 6.42 Å². The van der Waals surface area contributed by atoms with E-state index in [1.165, 1.54) is 6.20 Å². The first-order valence-electron chi connectivity index (χ1n) is 4.49. The van der Waals surface area contributed by atoms with E-state index in [0.29, 0.717) is 17.1 Å². The maximum atomic E-state index is 10.9. The molecule has 0 spiro atoms. The summed E-state index contributed by atoms with van der Waals surface area (Å²) in [7, 11) is 0. The third-order valence-corrected chi connectivity index (χ3v) is 2.21. The highest BCUT2D eigenvalue weighted by Crippen LogP contribution is 2.20. The van der Waals surface area contributed by atoms with Crippen molar-refractivity contribution < 1.29 is 9.90 Å². The van der Waals surface area contributed by atoms with Crippen molar-refractivity contribution in [1.29, 1.82) is 0 Å². The Morgan fingerprint density at radius 1 is 1.64 bits per heavy atom. The molecule has 0 bridgehead atoms. The minimum Gasteiger partial charge on any atom is -0.481 e. The van der Waals surface area contributed by atoms with E-state index in [4.69, 9.17) is 16.7 Å². The predicted octanol–water partition coefficient (Wildman–Crippen LogP) is 2.70. The van der Waals surface area contributed by atoms with E-state index in [9.17, 15) is 4.79 Å². The molecule has 0 saturated heterocycles. The largest absolute Gasteiger partial charge is 0.481 e. The van der Waals surface area contributed by atoms with Gasteiger partial charge in [-0.25, -0.2) is 0 Å². The summed E-state index contributed by atoms with van der Waals surface area (Å²) in [5, 5.41) is 9.48. The van der Waals surface area contributed by atoms with Gasteiger partial charge in [-0.3, -0.25) is 9.78 Å². The topological polar surface area (TPSA) is 50.2 Å². The Labute approximate surface area is 87.7 Å². The Kier molecular flexibility index (Phi) is 3.89. The quantitative estimate of drug-likeness (QED) is 0.837. The lowest BCUT2D eigenvalue weighted by molar-refractivity contribution is -0.139. The molecular weight excluding hydrogens is 202 g/mol. The van der Waals surface area contributed by atoms with Crippen LogP contribution in [0.2, 0.25) is 5.02 Å². The van der Waals surface area contributed by atoms with Gasteiger partial charge in [0.2, 0.25) is 0 Å². The molecule has 1 atom stereocenters. The third kappa shape index (κ3) is 2.70. The van der Waals surface area contributed by atoms with E-state index < -0.39 is 11.9 Å². The van der Waals surface area contributed by atoms with Gasteiger partial charge in [0, 0.05) is 6.20 Å². The van der Waals surface area contributed by atoms with Crippen molar-refractivity contribution in [2.24, 2.45) is 0 Å². The fourth-order valence-electron chi connectivity index (χ4n) is 1.28. The number of carbonyl (C=O) groups is 1. The van der Waals surface area contributed by atoms with Gasteiger partial charge in [-0.2, -0.15) is 0 Å². The zero-order valence-corrected chi connectivity index (χ0v) is 8.66. The van der Waals surface area contributed by atoms with Gasteiger partial charge in [0.05, 0.1) is 16.6 Å². The number of halogens is 1. The SMILES string of the molecule is CCCC(C(=O)O)c1ccc(Cl)cn1. The molecule has 0 aliphatic heterocycles. The first-order valence-corrected chi connectivity index (χ1v) is 4.87. The van der Waals surface area contributed by atoms with Gasteiger partial charge < -0.3 is 5.11 Å². The van der Waals surface area contributed by atoms with Gasteiger partial charge in [-0.1, -0.05) is 24.9 Å². The number of aromatic nitrogens is 1. The number of carboxylic acids is 1. The highest BCUT2D eigenvalue weighted by atomic mass is 35.5. The van der Waals surface area contributed by atoms with Gasteiger partial charge in [0.25, 0.3) is 0 Å². The molecule has 3 nitrogen and oxygen atoms in total. The number of hydrogen-bond acceptors (Lipinski definition) is 2. The van der Waals surface area contributed by atoms with Crippen LogP contribution in [-0.4, -0.2) is 16.1 Å². The predicted molar refractivity (Wildman–Crippen MR) is 54.5 cm³/mol. The Hall–Kier alpha value is -1.09. The fraction of sp³-hybridized carbons (Fsp3) is 0.400. The van der Waals surface area contributed by atoms with Gasteiger partial charge in [0.15, 0.2) is 0 Å². The van der Waals surface area contributed by atoms with Crippen LogP contribution in [-0.2, 0) is 4.79 Å². The number of hydrogen-bond donors (Lipinski definition) is 1. The van der Waals surface area contributed by atoms with Gasteiger partial charge >= 0.3 is 5.97 Å². The maximum absolute atomic E-state index is 10.9. The third-order valence-electron chi connectivity index (χ3n) is 1.98. The van der Waals surface area contributed by atoms with Crippen molar-refractivity contribution in [3.63, 3.8) is 0 Å². The molecule has 0 radical (unpaired) electrons. The standard InChI is InChI=1S/C10H12ClNO2/c1-2-3-8(10(13)14)9-5-4-7(11)6-12-9/h4-6,8H,2-3H2,1H3,(H,13,14). The number of rotatable bonds is 4. The molecule has 0 fully saturated rings. The summed E-state index contributed by atoms with van der Waals surface area (Å²) in [4.78, 5) is 14.9. The second-order valence-electron chi connectivity index (χ2n) is 3.08. The molecule has 1 N–H and O–H groups in total. The van der Waals surface area contributed by atoms with Crippen molar-refractivity contribution in [1.82, 2.24) is 4.98 Å². The van der Waals surface area contributed by atoms with Crippen LogP contribution in [0.4, 0.5) is 0 Å². The number of aliphatic carboxylic acids is 1. The maximum Gasteiger partial charge on any atom is 0.312 e. The van der Waals surface area contributed by atoms with E-state index >= 15 is 0 Å². The fourth-order valence-corrected chi connectivity index (χ4v) is 1.39. The molecule has 0 amide bonds. The lowest BCUT2D eigenvalue weighted by Gasteiger charge is -2.09. The van der Waals surface area contributed by atoms with Crippen molar-refractivity contribution in [3.8, 4) is 0 Å². The molecule has 76 valence electrons. The summed E-state index contributed by atoms with van der Waals surface area (Å²) in [5.41, 5.74) is 0.573. The normalized spacial score (nSPS) is 12.4. The molecule has 0 aliphatic carbocycles. The molecule has 14 heavy (non-hydrogen) atoms. The van der Waals surface area contributed by atoms with Crippen LogP contribution < -0.4 is 0 Å². The van der Waals surface area contributed by atoms with Crippen LogP contribution in [0.5, 0.6) is 0 Å². The minimum absolute atomic E-state index is 0.516. The summed E-state index contributed by atoms with van der Waals surface area (Å²) in [6, 6.07) is 3.33. The molecule has 1 unspecified atom stereocenters. The lowest BCUT2D eigenvalue weighted by Crippen LogP contribution is -2.12. The lowest BCUT2D eigenvalue weighted by atomic mass is 9.99. The summed E-state index contributed by atoms with van der Waals surface area (Å²) in [5.74, 6) is -1.35. The minimum atomic E-state index is -0.832. The van der Waals surface area contributed by atoms with Crippen LogP contribution in [0.25, 0.3) is 0 Å². The van der Waals surface area contributed by atoms with Crippen LogP contribution >= 0.6 is 11.6 Å². The Morgan fingerprint density at radius 2 is 2.36 bits per heavy atom. The Bertz CT molecular complexity index is 310. The average Bonchev–Trinajstić information content (AvgIpc) is 2.15. The summed E-state index contributed by atoms with van der Waals surface area (Å²) < 4.78 is 0. The molecular formula is C10H12ClNO2. The first-order chi connectivity index (χ1) is 6.65. The molecule has 0 saturated carbocycles. The second kappa shape index (κ2) is 4.96. The van der Waals surface area contributed by atoms with E-state index in [-0.39, 0.29) is 0 Å². The van der Waals surface area contributed by atoms with Crippen molar-refractivity contribution in [2.45, 2.75) is 25.7 Å². The van der Waals surface area contributed by atoms with Crippen molar-refractivity contribution in [2.75, 3.05) is 0 Å². The smallest absolute Gasteiger partial charge is 0.312 e. The van der Waals surface area contributed by atoms with E-state index in [1.807, 2.05) is 6.92 Å². The Balaban J connectivity index is 2.87. The van der Waals surface area contributed by atoms with Crippen LogP contribution in [0.15, 0.2) is 18.3 Å². The summed E-state index contributed by atoms with van der Waals surface area (Å²) >= 11 is 5.66. The Morgan fingerprint density at radius 3 is 2.79 bits per heavy atom. The number of nitrogens with zero attached hydrogens (tertiary/aromatic N) is 1.